The molecule has 0 spiro atoms. The molecule has 2 aromatic carbocycles. The van der Waals surface area contributed by atoms with E-state index in [0.29, 0.717) is 19.7 Å². The number of ether oxygens (including phenoxy) is 1. The van der Waals surface area contributed by atoms with Crippen LogP contribution in [0.4, 0.5) is 0 Å². The highest BCUT2D eigenvalue weighted by atomic mass is 32.1. The summed E-state index contributed by atoms with van der Waals surface area (Å²) in [5.41, 5.74) is 3.40. The first-order valence-electron chi connectivity index (χ1n) is 11.5. The summed E-state index contributed by atoms with van der Waals surface area (Å²) >= 11 is 1.70. The molecule has 4 rings (SSSR count). The number of aromatic nitrogens is 1. The number of rotatable bonds is 9. The van der Waals surface area contributed by atoms with E-state index >= 15 is 0 Å². The lowest BCUT2D eigenvalue weighted by atomic mass is 10.2. The number of nitrogens with zero attached hydrogens (tertiary/aromatic N) is 4. The first-order valence-corrected chi connectivity index (χ1v) is 12.4. The van der Waals surface area contributed by atoms with Gasteiger partial charge in [-0.1, -0.05) is 42.5 Å². The Labute approximate surface area is 200 Å². The van der Waals surface area contributed by atoms with Crippen molar-refractivity contribution in [3.8, 4) is 16.3 Å². The average molecular weight is 465 g/mol. The van der Waals surface area contributed by atoms with E-state index in [9.17, 15) is 4.79 Å². The van der Waals surface area contributed by atoms with Crippen LogP contribution in [-0.4, -0.2) is 72.0 Å². The molecule has 1 amide bonds. The Hall–Kier alpha value is -2.74. The van der Waals surface area contributed by atoms with Crippen molar-refractivity contribution in [3.63, 3.8) is 0 Å². The molecule has 174 valence electrons. The zero-order valence-corrected chi connectivity index (χ0v) is 20.3. The molecule has 0 aliphatic carbocycles. The molecule has 0 N–H and O–H groups in total. The number of hydrogen-bond acceptors (Lipinski definition) is 6. The molecular weight excluding hydrogens is 432 g/mol. The van der Waals surface area contributed by atoms with Crippen molar-refractivity contribution in [2.45, 2.75) is 20.0 Å². The van der Waals surface area contributed by atoms with Gasteiger partial charge in [-0.3, -0.25) is 14.6 Å². The Morgan fingerprint density at radius 1 is 1.03 bits per heavy atom. The summed E-state index contributed by atoms with van der Waals surface area (Å²) < 4.78 is 5.49. The number of carbonyl (C=O) groups is 1. The molecule has 0 unspecified atom stereocenters. The number of piperazine rings is 1. The highest BCUT2D eigenvalue weighted by molar-refractivity contribution is 7.13. The van der Waals surface area contributed by atoms with E-state index in [1.54, 1.807) is 11.3 Å². The van der Waals surface area contributed by atoms with Crippen LogP contribution in [0, 0.1) is 0 Å². The smallest absolute Gasteiger partial charge is 0.236 e. The molecule has 0 saturated carbocycles. The van der Waals surface area contributed by atoms with Crippen LogP contribution in [0.1, 0.15) is 18.2 Å². The summed E-state index contributed by atoms with van der Waals surface area (Å²) in [5, 5.41) is 3.24. The van der Waals surface area contributed by atoms with Gasteiger partial charge in [0.25, 0.3) is 0 Å². The van der Waals surface area contributed by atoms with Gasteiger partial charge >= 0.3 is 0 Å². The standard InChI is InChI=1S/C26H32N4O2S/c1-3-32-24-11-9-21(10-12-24)17-28(2)25(31)19-30-15-13-29(14-16-30)18-23-20-33-26(27-23)22-7-5-4-6-8-22/h4-12,20H,3,13-19H2,1-2H3. The fraction of sp³-hybridized carbons (Fsp3) is 0.385. The molecule has 1 aromatic heterocycles. The molecule has 1 fully saturated rings. The zero-order valence-electron chi connectivity index (χ0n) is 19.4. The average Bonchev–Trinajstić information content (AvgIpc) is 3.31. The van der Waals surface area contributed by atoms with Crippen molar-refractivity contribution in [3.05, 3.63) is 71.2 Å². The minimum atomic E-state index is 0.157. The zero-order chi connectivity index (χ0) is 23.0. The summed E-state index contributed by atoms with van der Waals surface area (Å²) in [5.74, 6) is 1.02. The number of amides is 1. The first kappa shape index (κ1) is 23.4. The van der Waals surface area contributed by atoms with Gasteiger partial charge in [-0.05, 0) is 24.6 Å². The molecular formula is C26H32N4O2S. The van der Waals surface area contributed by atoms with Gasteiger partial charge in [0.2, 0.25) is 5.91 Å². The van der Waals surface area contributed by atoms with E-state index in [0.717, 1.165) is 54.7 Å². The molecule has 0 atom stereocenters. The second kappa shape index (κ2) is 11.4. The van der Waals surface area contributed by atoms with Crippen LogP contribution in [0.2, 0.25) is 0 Å². The van der Waals surface area contributed by atoms with Crippen LogP contribution in [0.15, 0.2) is 60.0 Å². The summed E-state index contributed by atoms with van der Waals surface area (Å²) in [6.45, 7) is 8.28. The van der Waals surface area contributed by atoms with Crippen LogP contribution in [0.5, 0.6) is 5.75 Å². The maximum Gasteiger partial charge on any atom is 0.236 e. The van der Waals surface area contributed by atoms with Gasteiger partial charge in [-0.25, -0.2) is 4.98 Å². The Morgan fingerprint density at radius 3 is 2.42 bits per heavy atom. The summed E-state index contributed by atoms with van der Waals surface area (Å²) in [6.07, 6.45) is 0. The molecule has 1 aliphatic rings. The second-order valence-electron chi connectivity index (χ2n) is 8.39. The number of benzene rings is 2. The first-order chi connectivity index (χ1) is 16.1. The fourth-order valence-corrected chi connectivity index (χ4v) is 4.78. The van der Waals surface area contributed by atoms with Crippen LogP contribution in [0.25, 0.3) is 10.6 Å². The number of likely N-dealkylation sites (N-methyl/N-ethyl adjacent to an activating group) is 1. The van der Waals surface area contributed by atoms with Gasteiger partial charge in [-0.15, -0.1) is 11.3 Å². The molecule has 1 aliphatic heterocycles. The van der Waals surface area contributed by atoms with E-state index in [1.807, 2.05) is 61.3 Å². The number of hydrogen-bond donors (Lipinski definition) is 0. The third kappa shape index (κ3) is 6.63. The molecule has 2 heterocycles. The Morgan fingerprint density at radius 2 is 1.73 bits per heavy atom. The Bertz CT molecular complexity index is 1010. The van der Waals surface area contributed by atoms with Crippen LogP contribution < -0.4 is 4.74 Å². The molecule has 7 heteroatoms. The topological polar surface area (TPSA) is 48.9 Å². The Kier molecular flexibility index (Phi) is 8.10. The van der Waals surface area contributed by atoms with Gasteiger partial charge in [0.15, 0.2) is 0 Å². The second-order valence-corrected chi connectivity index (χ2v) is 9.25. The summed E-state index contributed by atoms with van der Waals surface area (Å²) in [4.78, 5) is 24.0. The number of carbonyl (C=O) groups excluding carboxylic acids is 1. The molecule has 33 heavy (non-hydrogen) atoms. The van der Waals surface area contributed by atoms with Crippen LogP contribution >= 0.6 is 11.3 Å². The maximum absolute atomic E-state index is 12.7. The Balaban J connectivity index is 1.20. The van der Waals surface area contributed by atoms with E-state index in [4.69, 9.17) is 9.72 Å². The van der Waals surface area contributed by atoms with E-state index in [2.05, 4.69) is 27.3 Å². The van der Waals surface area contributed by atoms with Gasteiger partial charge in [0.1, 0.15) is 10.8 Å². The molecule has 0 radical (unpaired) electrons. The predicted octanol–water partition coefficient (Wildman–Crippen LogP) is 3.99. The van der Waals surface area contributed by atoms with Crippen LogP contribution in [-0.2, 0) is 17.9 Å². The predicted molar refractivity (Wildman–Crippen MR) is 133 cm³/mol. The lowest BCUT2D eigenvalue weighted by Gasteiger charge is -2.34. The number of thiazole rings is 1. The van der Waals surface area contributed by atoms with Crippen molar-refractivity contribution < 1.29 is 9.53 Å². The monoisotopic (exact) mass is 464 g/mol. The molecule has 1 saturated heterocycles. The molecule has 0 bridgehead atoms. The minimum absolute atomic E-state index is 0.157. The highest BCUT2D eigenvalue weighted by Gasteiger charge is 2.21. The van der Waals surface area contributed by atoms with Crippen molar-refractivity contribution in [2.24, 2.45) is 0 Å². The van der Waals surface area contributed by atoms with Gasteiger partial charge in [0.05, 0.1) is 18.8 Å². The third-order valence-electron chi connectivity index (χ3n) is 5.86. The summed E-state index contributed by atoms with van der Waals surface area (Å²) in [7, 11) is 1.88. The van der Waals surface area contributed by atoms with Crippen molar-refractivity contribution in [1.82, 2.24) is 19.7 Å². The van der Waals surface area contributed by atoms with Gasteiger partial charge in [-0.2, -0.15) is 0 Å². The lowest BCUT2D eigenvalue weighted by Crippen LogP contribution is -2.49. The van der Waals surface area contributed by atoms with Crippen LogP contribution in [0.3, 0.4) is 0 Å². The minimum Gasteiger partial charge on any atom is -0.494 e. The van der Waals surface area contributed by atoms with E-state index < -0.39 is 0 Å². The van der Waals surface area contributed by atoms with Gasteiger partial charge in [0, 0.05) is 57.3 Å². The lowest BCUT2D eigenvalue weighted by molar-refractivity contribution is -0.132. The largest absolute Gasteiger partial charge is 0.494 e. The summed E-state index contributed by atoms with van der Waals surface area (Å²) in [6, 6.07) is 18.3. The highest BCUT2D eigenvalue weighted by Crippen LogP contribution is 2.24. The van der Waals surface area contributed by atoms with Crippen molar-refractivity contribution in [1.29, 1.82) is 0 Å². The molecule has 3 aromatic rings. The van der Waals surface area contributed by atoms with E-state index in [-0.39, 0.29) is 5.91 Å². The SMILES string of the molecule is CCOc1ccc(CN(C)C(=O)CN2CCN(Cc3csc(-c4ccccc4)n3)CC2)cc1. The maximum atomic E-state index is 12.7. The van der Waals surface area contributed by atoms with Crippen molar-refractivity contribution >= 4 is 17.2 Å². The fourth-order valence-electron chi connectivity index (χ4n) is 3.96. The van der Waals surface area contributed by atoms with Gasteiger partial charge < -0.3 is 9.64 Å². The van der Waals surface area contributed by atoms with E-state index in [1.165, 1.54) is 5.56 Å². The molecule has 6 nitrogen and oxygen atoms in total. The quantitative estimate of drug-likeness (QED) is 0.479. The normalized spacial score (nSPS) is 14.8. The van der Waals surface area contributed by atoms with Crippen molar-refractivity contribution in [2.75, 3.05) is 46.4 Å². The third-order valence-corrected chi connectivity index (χ3v) is 6.80.